The molecule has 154 valence electrons. The summed E-state index contributed by atoms with van der Waals surface area (Å²) >= 11 is 0. The summed E-state index contributed by atoms with van der Waals surface area (Å²) in [4.78, 5) is 15.3. The predicted octanol–water partition coefficient (Wildman–Crippen LogP) is 2.37. The molecule has 1 aliphatic heterocycles. The number of halogens is 1. The lowest BCUT2D eigenvalue weighted by Crippen LogP contribution is -2.54. The van der Waals surface area contributed by atoms with Gasteiger partial charge in [-0.05, 0) is 62.2 Å². The van der Waals surface area contributed by atoms with Crippen LogP contribution in [-0.2, 0) is 16.9 Å². The topological polar surface area (TPSA) is 68.6 Å². The van der Waals surface area contributed by atoms with Crippen molar-refractivity contribution < 1.29 is 14.3 Å². The van der Waals surface area contributed by atoms with Crippen molar-refractivity contribution in [1.82, 2.24) is 20.0 Å². The number of ether oxygens (including phenoxy) is 2. The molecule has 0 bridgehead atoms. The van der Waals surface area contributed by atoms with Crippen LogP contribution in [0.15, 0.2) is 30.6 Å². The molecule has 1 N–H and O–H groups in total. The molecular weight excluding hydrogens is 380 g/mol. The van der Waals surface area contributed by atoms with Gasteiger partial charge in [-0.25, -0.2) is 0 Å². The minimum Gasteiger partial charge on any atom is -0.493 e. The largest absolute Gasteiger partial charge is 0.493 e. The summed E-state index contributed by atoms with van der Waals surface area (Å²) in [6.07, 6.45) is 5.07. The van der Waals surface area contributed by atoms with E-state index in [4.69, 9.17) is 9.47 Å². The van der Waals surface area contributed by atoms with Gasteiger partial charge in [-0.1, -0.05) is 0 Å². The molecule has 28 heavy (non-hydrogen) atoms. The van der Waals surface area contributed by atoms with Gasteiger partial charge in [0.1, 0.15) is 5.54 Å². The number of amides is 1. The first-order chi connectivity index (χ1) is 13.0. The summed E-state index contributed by atoms with van der Waals surface area (Å²) in [5, 5.41) is 7.73. The van der Waals surface area contributed by atoms with Crippen LogP contribution in [0.25, 0.3) is 0 Å². The van der Waals surface area contributed by atoms with E-state index < -0.39 is 5.54 Å². The molecule has 0 radical (unpaired) electrons. The summed E-state index contributed by atoms with van der Waals surface area (Å²) < 4.78 is 12.6. The van der Waals surface area contributed by atoms with Crippen LogP contribution in [0, 0.1) is 6.92 Å². The van der Waals surface area contributed by atoms with Gasteiger partial charge in [-0.2, -0.15) is 5.10 Å². The second-order valence-electron chi connectivity index (χ2n) is 7.03. The quantitative estimate of drug-likeness (QED) is 0.794. The molecule has 0 unspecified atom stereocenters. The van der Waals surface area contributed by atoms with Crippen LogP contribution in [0.2, 0.25) is 0 Å². The standard InChI is InChI=1S/C20H28N4O3.ClH/c1-15-12-17(26-3)18(27-4)13-16(15)14-23(2)19(25)20(6-9-21-10-7-20)24-11-5-8-22-24;/h5,8,11-13,21H,6-7,9-10,14H2,1-4H3;1H. The molecule has 1 aliphatic rings. The Morgan fingerprint density at radius 2 is 1.89 bits per heavy atom. The van der Waals surface area contributed by atoms with Crippen molar-refractivity contribution in [2.24, 2.45) is 0 Å². The van der Waals surface area contributed by atoms with Gasteiger partial charge in [0, 0.05) is 26.0 Å². The first kappa shape index (κ1) is 22.0. The van der Waals surface area contributed by atoms with Crippen molar-refractivity contribution >= 4 is 18.3 Å². The summed E-state index contributed by atoms with van der Waals surface area (Å²) in [5.41, 5.74) is 1.47. The Labute approximate surface area is 172 Å². The van der Waals surface area contributed by atoms with Gasteiger partial charge < -0.3 is 19.7 Å². The zero-order valence-electron chi connectivity index (χ0n) is 16.9. The highest BCUT2D eigenvalue weighted by molar-refractivity contribution is 5.85. The Morgan fingerprint density at radius 3 is 2.46 bits per heavy atom. The number of benzene rings is 1. The van der Waals surface area contributed by atoms with Crippen LogP contribution in [0.4, 0.5) is 0 Å². The van der Waals surface area contributed by atoms with Crippen molar-refractivity contribution in [3.63, 3.8) is 0 Å². The molecule has 1 aromatic heterocycles. The third kappa shape index (κ3) is 4.10. The maximum atomic E-state index is 13.5. The van der Waals surface area contributed by atoms with Gasteiger partial charge in [0.15, 0.2) is 11.5 Å². The van der Waals surface area contributed by atoms with E-state index in [1.807, 2.05) is 43.0 Å². The maximum Gasteiger partial charge on any atom is 0.250 e. The number of aryl methyl sites for hydroxylation is 1. The van der Waals surface area contributed by atoms with Crippen LogP contribution in [0.1, 0.15) is 24.0 Å². The first-order valence-electron chi connectivity index (χ1n) is 9.20. The van der Waals surface area contributed by atoms with E-state index in [2.05, 4.69) is 10.4 Å². The number of nitrogens with zero attached hydrogens (tertiary/aromatic N) is 3. The second-order valence-corrected chi connectivity index (χ2v) is 7.03. The minimum atomic E-state index is -0.631. The van der Waals surface area contributed by atoms with E-state index >= 15 is 0 Å². The average molecular weight is 409 g/mol. The molecule has 7 nitrogen and oxygen atoms in total. The van der Waals surface area contributed by atoms with Crippen LogP contribution in [0.3, 0.4) is 0 Å². The van der Waals surface area contributed by atoms with Crippen LogP contribution >= 0.6 is 12.4 Å². The van der Waals surface area contributed by atoms with E-state index in [0.717, 1.165) is 37.1 Å². The molecule has 2 aromatic rings. The number of rotatable bonds is 6. The number of hydrogen-bond donors (Lipinski definition) is 1. The first-order valence-corrected chi connectivity index (χ1v) is 9.20. The highest BCUT2D eigenvalue weighted by Crippen LogP contribution is 2.33. The van der Waals surface area contributed by atoms with Gasteiger partial charge in [0.05, 0.1) is 14.2 Å². The Hall–Kier alpha value is -2.25. The Kier molecular flexibility index (Phi) is 7.32. The zero-order valence-corrected chi connectivity index (χ0v) is 17.7. The maximum absolute atomic E-state index is 13.5. The number of carbonyl (C=O) groups is 1. The molecule has 0 atom stereocenters. The number of aromatic nitrogens is 2. The predicted molar refractivity (Wildman–Crippen MR) is 110 cm³/mol. The average Bonchev–Trinajstić information content (AvgIpc) is 3.24. The third-order valence-electron chi connectivity index (χ3n) is 5.37. The fourth-order valence-corrected chi connectivity index (χ4v) is 3.78. The van der Waals surface area contributed by atoms with Crippen LogP contribution < -0.4 is 14.8 Å². The van der Waals surface area contributed by atoms with Crippen molar-refractivity contribution in [2.75, 3.05) is 34.4 Å². The van der Waals surface area contributed by atoms with Crippen molar-refractivity contribution in [2.45, 2.75) is 31.8 Å². The number of nitrogens with one attached hydrogen (secondary N) is 1. The summed E-state index contributed by atoms with van der Waals surface area (Å²) in [6.45, 7) is 4.12. The fourth-order valence-electron chi connectivity index (χ4n) is 3.78. The van der Waals surface area contributed by atoms with E-state index in [0.29, 0.717) is 18.0 Å². The summed E-state index contributed by atoms with van der Waals surface area (Å²) in [7, 11) is 5.09. The molecule has 0 spiro atoms. The van der Waals surface area contributed by atoms with Crippen molar-refractivity contribution in [1.29, 1.82) is 0 Å². The van der Waals surface area contributed by atoms with E-state index in [9.17, 15) is 4.79 Å². The Bertz CT molecular complexity index is 789. The molecule has 0 saturated carbocycles. The molecule has 1 amide bonds. The molecule has 0 aliphatic carbocycles. The Balaban J connectivity index is 0.00000280. The van der Waals surface area contributed by atoms with Crippen LogP contribution in [0.5, 0.6) is 11.5 Å². The number of likely N-dealkylation sites (N-methyl/N-ethyl adjacent to an activating group) is 1. The molecule has 1 saturated heterocycles. The number of piperidine rings is 1. The highest BCUT2D eigenvalue weighted by Gasteiger charge is 2.43. The Morgan fingerprint density at radius 1 is 1.25 bits per heavy atom. The van der Waals surface area contributed by atoms with Crippen molar-refractivity contribution in [3.8, 4) is 11.5 Å². The van der Waals surface area contributed by atoms with E-state index in [-0.39, 0.29) is 18.3 Å². The highest BCUT2D eigenvalue weighted by atomic mass is 35.5. The SMILES string of the molecule is COc1cc(C)c(CN(C)C(=O)C2(n3cccn3)CCNCC2)cc1OC.Cl. The molecular formula is C20H29ClN4O3. The summed E-state index contributed by atoms with van der Waals surface area (Å²) in [5.74, 6) is 1.45. The monoisotopic (exact) mass is 408 g/mol. The second kappa shape index (κ2) is 9.30. The number of methoxy groups -OCH3 is 2. The van der Waals surface area contributed by atoms with Gasteiger partial charge in [-0.3, -0.25) is 9.48 Å². The van der Waals surface area contributed by atoms with Gasteiger partial charge in [0.2, 0.25) is 0 Å². The van der Waals surface area contributed by atoms with E-state index in [1.54, 1.807) is 25.3 Å². The lowest BCUT2D eigenvalue weighted by atomic mass is 9.86. The van der Waals surface area contributed by atoms with Crippen molar-refractivity contribution in [3.05, 3.63) is 41.7 Å². The van der Waals surface area contributed by atoms with Crippen LogP contribution in [-0.4, -0.2) is 54.9 Å². The third-order valence-corrected chi connectivity index (χ3v) is 5.37. The lowest BCUT2D eigenvalue weighted by Gasteiger charge is -2.39. The fraction of sp³-hybridized carbons (Fsp3) is 0.500. The van der Waals surface area contributed by atoms with E-state index in [1.165, 1.54) is 0 Å². The van der Waals surface area contributed by atoms with Gasteiger partial charge >= 0.3 is 0 Å². The van der Waals surface area contributed by atoms with Gasteiger partial charge in [0.25, 0.3) is 5.91 Å². The molecule has 2 heterocycles. The number of carbonyl (C=O) groups excluding carboxylic acids is 1. The normalized spacial score (nSPS) is 15.4. The zero-order chi connectivity index (χ0) is 19.4. The lowest BCUT2D eigenvalue weighted by molar-refractivity contribution is -0.142. The summed E-state index contributed by atoms with van der Waals surface area (Å²) in [6, 6.07) is 5.76. The molecule has 1 aromatic carbocycles. The minimum absolute atomic E-state index is 0. The molecule has 3 rings (SSSR count). The van der Waals surface area contributed by atoms with Gasteiger partial charge in [-0.15, -0.1) is 12.4 Å². The number of hydrogen-bond acceptors (Lipinski definition) is 5. The smallest absolute Gasteiger partial charge is 0.250 e. The molecule has 1 fully saturated rings. The molecule has 8 heteroatoms.